The van der Waals surface area contributed by atoms with Gasteiger partial charge < -0.3 is 15.2 Å². The molecule has 0 atom stereocenters. The van der Waals surface area contributed by atoms with Crippen LogP contribution < -0.4 is 10.1 Å². The molecule has 0 saturated carbocycles. The van der Waals surface area contributed by atoms with Crippen LogP contribution in [-0.2, 0) is 0 Å². The lowest BCUT2D eigenvalue weighted by atomic mass is 10.1. The Morgan fingerprint density at radius 3 is 2.90 bits per heavy atom. The predicted octanol–water partition coefficient (Wildman–Crippen LogP) is 3.17. The number of hydrogen-bond donors (Lipinski definition) is 2. The van der Waals surface area contributed by atoms with Crippen LogP contribution in [0.3, 0.4) is 0 Å². The zero-order valence-corrected chi connectivity index (χ0v) is 12.5. The molecule has 0 saturated heterocycles. The van der Waals surface area contributed by atoms with Gasteiger partial charge in [0, 0.05) is 10.7 Å². The Bertz CT molecular complexity index is 741. The molecule has 0 aliphatic rings. The molecule has 7 heteroatoms. The van der Waals surface area contributed by atoms with E-state index in [1.807, 2.05) is 6.07 Å². The summed E-state index contributed by atoms with van der Waals surface area (Å²) >= 11 is 3.18. The van der Waals surface area contributed by atoms with Gasteiger partial charge in [-0.15, -0.1) is 0 Å². The van der Waals surface area contributed by atoms with Crippen LogP contribution in [0, 0.1) is 11.3 Å². The number of carboxylic acids is 1. The predicted molar refractivity (Wildman–Crippen MR) is 79.9 cm³/mol. The quantitative estimate of drug-likeness (QED) is 0.881. The highest BCUT2D eigenvalue weighted by Crippen LogP contribution is 2.31. The number of rotatable bonds is 4. The van der Waals surface area contributed by atoms with E-state index in [0.29, 0.717) is 21.5 Å². The zero-order valence-electron chi connectivity index (χ0n) is 10.9. The maximum Gasteiger partial charge on any atom is 0.339 e. The molecular formula is C14H10BrN3O3. The first-order valence-corrected chi connectivity index (χ1v) is 6.59. The highest BCUT2D eigenvalue weighted by molar-refractivity contribution is 9.10. The van der Waals surface area contributed by atoms with Gasteiger partial charge >= 0.3 is 5.97 Å². The summed E-state index contributed by atoms with van der Waals surface area (Å²) in [5, 5.41) is 21.2. The zero-order chi connectivity index (χ0) is 15.4. The summed E-state index contributed by atoms with van der Waals surface area (Å²) < 4.78 is 5.73. The monoisotopic (exact) mass is 347 g/mol. The first-order valence-electron chi connectivity index (χ1n) is 5.79. The third kappa shape index (κ3) is 3.12. The third-order valence-electron chi connectivity index (χ3n) is 2.69. The summed E-state index contributed by atoms with van der Waals surface area (Å²) in [6, 6.07) is 8.40. The minimum atomic E-state index is -1.13. The van der Waals surface area contributed by atoms with E-state index in [9.17, 15) is 9.90 Å². The number of carbonyl (C=O) groups is 1. The van der Waals surface area contributed by atoms with Gasteiger partial charge in [-0.25, -0.2) is 9.78 Å². The van der Waals surface area contributed by atoms with Gasteiger partial charge in [0.25, 0.3) is 0 Å². The fourth-order valence-corrected chi connectivity index (χ4v) is 2.07. The Hall–Kier alpha value is -2.59. The molecule has 2 aromatic rings. The van der Waals surface area contributed by atoms with Crippen molar-refractivity contribution in [3.63, 3.8) is 0 Å². The van der Waals surface area contributed by atoms with E-state index in [-0.39, 0.29) is 11.4 Å². The van der Waals surface area contributed by atoms with Crippen LogP contribution in [-0.4, -0.2) is 23.2 Å². The van der Waals surface area contributed by atoms with Gasteiger partial charge in [-0.2, -0.15) is 5.26 Å². The molecule has 6 nitrogen and oxygen atoms in total. The average Bonchev–Trinajstić information content (AvgIpc) is 2.48. The van der Waals surface area contributed by atoms with Crippen LogP contribution >= 0.6 is 15.9 Å². The van der Waals surface area contributed by atoms with Crippen LogP contribution in [0.2, 0.25) is 0 Å². The third-order valence-corrected chi connectivity index (χ3v) is 3.13. The number of aromatic carboxylic acids is 1. The van der Waals surface area contributed by atoms with Crippen LogP contribution in [0.1, 0.15) is 15.9 Å². The number of hydrogen-bond acceptors (Lipinski definition) is 5. The minimum Gasteiger partial charge on any atom is -0.495 e. The lowest BCUT2D eigenvalue weighted by Gasteiger charge is -2.13. The van der Waals surface area contributed by atoms with Crippen LogP contribution in [0.5, 0.6) is 5.75 Å². The molecule has 2 rings (SSSR count). The van der Waals surface area contributed by atoms with Crippen LogP contribution in [0.15, 0.2) is 34.9 Å². The summed E-state index contributed by atoms with van der Waals surface area (Å²) in [4.78, 5) is 15.3. The van der Waals surface area contributed by atoms with E-state index in [1.165, 1.54) is 19.4 Å². The molecule has 0 fully saturated rings. The van der Waals surface area contributed by atoms with Gasteiger partial charge in [0.05, 0.1) is 12.7 Å². The van der Waals surface area contributed by atoms with Gasteiger partial charge in [0.15, 0.2) is 0 Å². The number of nitriles is 1. The van der Waals surface area contributed by atoms with E-state index in [4.69, 9.17) is 10.00 Å². The number of anilines is 2. The number of carboxylic acid groups (broad SMARTS) is 1. The largest absolute Gasteiger partial charge is 0.495 e. The number of benzene rings is 1. The molecule has 21 heavy (non-hydrogen) atoms. The molecule has 1 aromatic heterocycles. The normalized spacial score (nSPS) is 9.76. The minimum absolute atomic E-state index is 0.0147. The molecule has 106 valence electrons. The summed E-state index contributed by atoms with van der Waals surface area (Å²) in [6.45, 7) is 0. The summed E-state index contributed by atoms with van der Waals surface area (Å²) in [7, 11) is 1.47. The summed E-state index contributed by atoms with van der Waals surface area (Å²) in [5.41, 5.74) is 0.689. The average molecular weight is 348 g/mol. The number of halogens is 1. The Balaban J connectivity index is 2.53. The molecule has 0 spiro atoms. The van der Waals surface area contributed by atoms with E-state index in [0.717, 1.165) is 0 Å². The molecular weight excluding hydrogens is 338 g/mol. The second-order valence-corrected chi connectivity index (χ2v) is 4.89. The van der Waals surface area contributed by atoms with Crippen LogP contribution in [0.25, 0.3) is 0 Å². The number of para-hydroxylation sites is 1. The van der Waals surface area contributed by atoms with E-state index >= 15 is 0 Å². The van der Waals surface area contributed by atoms with Gasteiger partial charge in [-0.1, -0.05) is 6.07 Å². The molecule has 0 aliphatic heterocycles. The lowest BCUT2D eigenvalue weighted by molar-refractivity contribution is 0.0697. The number of nitrogens with zero attached hydrogens (tertiary/aromatic N) is 2. The van der Waals surface area contributed by atoms with Crippen molar-refractivity contribution in [3.05, 3.63) is 46.1 Å². The molecule has 1 aromatic carbocycles. The van der Waals surface area contributed by atoms with Crippen molar-refractivity contribution < 1.29 is 14.6 Å². The Morgan fingerprint density at radius 2 is 2.29 bits per heavy atom. The second kappa shape index (κ2) is 6.24. The number of aromatic nitrogens is 1. The van der Waals surface area contributed by atoms with Crippen molar-refractivity contribution in [2.45, 2.75) is 0 Å². The maximum absolute atomic E-state index is 11.3. The van der Waals surface area contributed by atoms with Crippen molar-refractivity contribution in [2.24, 2.45) is 0 Å². The number of methoxy groups -OCH3 is 1. The molecule has 1 heterocycles. The number of nitrogens with one attached hydrogen (secondary N) is 1. The summed E-state index contributed by atoms with van der Waals surface area (Å²) in [5.74, 6) is -0.568. The van der Waals surface area contributed by atoms with E-state index in [2.05, 4.69) is 26.2 Å². The van der Waals surface area contributed by atoms with Crippen molar-refractivity contribution in [3.8, 4) is 11.8 Å². The highest BCUT2D eigenvalue weighted by atomic mass is 79.9. The SMILES string of the molecule is COc1cccc(C#N)c1Nc1ncc(Br)cc1C(=O)O. The maximum atomic E-state index is 11.3. The van der Waals surface area contributed by atoms with Gasteiger partial charge in [0.1, 0.15) is 28.9 Å². The van der Waals surface area contributed by atoms with Crippen molar-refractivity contribution in [1.29, 1.82) is 5.26 Å². The molecule has 0 bridgehead atoms. The highest BCUT2D eigenvalue weighted by Gasteiger charge is 2.16. The molecule has 0 amide bonds. The molecule has 2 N–H and O–H groups in total. The summed E-state index contributed by atoms with van der Waals surface area (Å²) in [6.07, 6.45) is 1.47. The first kappa shape index (κ1) is 14.8. The molecule has 0 radical (unpaired) electrons. The van der Waals surface area contributed by atoms with E-state index in [1.54, 1.807) is 18.2 Å². The van der Waals surface area contributed by atoms with Crippen molar-refractivity contribution >= 4 is 33.4 Å². The van der Waals surface area contributed by atoms with Gasteiger partial charge in [-0.05, 0) is 34.1 Å². The first-order chi connectivity index (χ1) is 10.1. The lowest BCUT2D eigenvalue weighted by Crippen LogP contribution is -2.06. The van der Waals surface area contributed by atoms with Gasteiger partial charge in [0.2, 0.25) is 0 Å². The molecule has 0 unspecified atom stereocenters. The number of pyridine rings is 1. The van der Waals surface area contributed by atoms with E-state index < -0.39 is 5.97 Å². The van der Waals surface area contributed by atoms with Gasteiger partial charge in [-0.3, -0.25) is 0 Å². The second-order valence-electron chi connectivity index (χ2n) is 3.97. The standard InChI is InChI=1S/C14H10BrN3O3/c1-21-11-4-2-3-8(6-16)12(11)18-13-10(14(19)20)5-9(15)7-17-13/h2-5,7H,1H3,(H,17,18)(H,19,20). The fourth-order valence-electron chi connectivity index (χ4n) is 1.74. The van der Waals surface area contributed by atoms with Crippen molar-refractivity contribution in [1.82, 2.24) is 4.98 Å². The van der Waals surface area contributed by atoms with Crippen LogP contribution in [0.4, 0.5) is 11.5 Å². The Kier molecular flexibility index (Phi) is 4.40. The smallest absolute Gasteiger partial charge is 0.339 e. The van der Waals surface area contributed by atoms with Crippen molar-refractivity contribution in [2.75, 3.05) is 12.4 Å². The number of ether oxygens (including phenoxy) is 1. The topological polar surface area (TPSA) is 95.2 Å². The molecule has 0 aliphatic carbocycles. The fraction of sp³-hybridized carbons (Fsp3) is 0.0714. The Morgan fingerprint density at radius 1 is 1.52 bits per heavy atom. The Labute approximate surface area is 129 Å².